The van der Waals surface area contributed by atoms with Crippen molar-refractivity contribution < 1.29 is 4.74 Å². The summed E-state index contributed by atoms with van der Waals surface area (Å²) in [5.41, 5.74) is 5.44. The van der Waals surface area contributed by atoms with E-state index in [1.807, 2.05) is 0 Å². The number of ether oxygens (including phenoxy) is 1. The Hall–Kier alpha value is -0.120. The molecule has 0 atom stereocenters. The van der Waals surface area contributed by atoms with Crippen LogP contribution in [0.3, 0.4) is 0 Å². The van der Waals surface area contributed by atoms with Crippen LogP contribution in [0.4, 0.5) is 0 Å². The largest absolute Gasteiger partial charge is 0.381 e. The molecule has 0 aromatic heterocycles. The summed E-state index contributed by atoms with van der Waals surface area (Å²) in [5, 5.41) is 0. The molecule has 0 heterocycles. The van der Waals surface area contributed by atoms with Crippen molar-refractivity contribution in [2.75, 3.05) is 27.2 Å². The number of nitrogens with zero attached hydrogens (tertiary/aromatic N) is 1. The molecule has 72 valence electrons. The molecule has 1 rings (SSSR count). The topological polar surface area (TPSA) is 38.5 Å². The molecule has 0 unspecified atom stereocenters. The molecular weight excluding hydrogens is 152 g/mol. The van der Waals surface area contributed by atoms with Crippen LogP contribution in [0.1, 0.15) is 19.3 Å². The standard InChI is InChI=1S/C9H20N2O/c1-11(5-3-4-10)8-6-9(7-8)12-2/h8-9H,3-7,10H2,1-2H3. The van der Waals surface area contributed by atoms with Gasteiger partial charge in [0.15, 0.2) is 0 Å². The first kappa shape index (κ1) is 9.96. The molecule has 0 amide bonds. The molecule has 3 heteroatoms. The highest BCUT2D eigenvalue weighted by molar-refractivity contribution is 4.86. The number of hydrogen-bond acceptors (Lipinski definition) is 3. The number of nitrogens with two attached hydrogens (primary N) is 1. The summed E-state index contributed by atoms with van der Waals surface area (Å²) >= 11 is 0. The maximum Gasteiger partial charge on any atom is 0.0601 e. The van der Waals surface area contributed by atoms with Crippen LogP contribution in [0.25, 0.3) is 0 Å². The molecule has 0 saturated heterocycles. The summed E-state index contributed by atoms with van der Waals surface area (Å²) in [6, 6.07) is 0.737. The molecule has 1 fully saturated rings. The van der Waals surface area contributed by atoms with Crippen LogP contribution in [0.15, 0.2) is 0 Å². The molecule has 0 aromatic rings. The Kier molecular flexibility index (Phi) is 3.98. The Labute approximate surface area is 74.9 Å². The monoisotopic (exact) mass is 172 g/mol. The van der Waals surface area contributed by atoms with Crippen LogP contribution in [0.2, 0.25) is 0 Å². The lowest BCUT2D eigenvalue weighted by atomic mass is 9.88. The van der Waals surface area contributed by atoms with E-state index < -0.39 is 0 Å². The van der Waals surface area contributed by atoms with Gasteiger partial charge in [-0.25, -0.2) is 0 Å². The minimum Gasteiger partial charge on any atom is -0.381 e. The highest BCUT2D eigenvalue weighted by Gasteiger charge is 2.31. The Bertz CT molecular complexity index is 121. The zero-order valence-electron chi connectivity index (χ0n) is 8.12. The highest BCUT2D eigenvalue weighted by atomic mass is 16.5. The van der Waals surface area contributed by atoms with Crippen molar-refractivity contribution in [3.05, 3.63) is 0 Å². The van der Waals surface area contributed by atoms with Gasteiger partial charge in [-0.2, -0.15) is 0 Å². The average molecular weight is 172 g/mol. The minimum atomic E-state index is 0.510. The molecule has 1 saturated carbocycles. The van der Waals surface area contributed by atoms with Gasteiger partial charge in [0.2, 0.25) is 0 Å². The Balaban J connectivity index is 2.06. The lowest BCUT2D eigenvalue weighted by Gasteiger charge is -2.40. The van der Waals surface area contributed by atoms with Gasteiger partial charge in [-0.1, -0.05) is 0 Å². The van der Waals surface area contributed by atoms with Gasteiger partial charge in [0.25, 0.3) is 0 Å². The van der Waals surface area contributed by atoms with Crippen LogP contribution in [0, 0.1) is 0 Å². The fraction of sp³-hybridized carbons (Fsp3) is 1.00. The molecule has 1 aliphatic rings. The summed E-state index contributed by atoms with van der Waals surface area (Å²) in [4.78, 5) is 2.39. The SMILES string of the molecule is COC1CC(N(C)CCCN)C1. The molecule has 0 aromatic carbocycles. The van der Waals surface area contributed by atoms with Gasteiger partial charge in [0, 0.05) is 13.2 Å². The van der Waals surface area contributed by atoms with Crippen LogP contribution < -0.4 is 5.73 Å². The summed E-state index contributed by atoms with van der Waals surface area (Å²) in [5.74, 6) is 0. The number of methoxy groups -OCH3 is 1. The summed E-state index contributed by atoms with van der Waals surface area (Å²) < 4.78 is 5.22. The van der Waals surface area contributed by atoms with E-state index in [1.54, 1.807) is 7.11 Å². The molecule has 3 nitrogen and oxygen atoms in total. The van der Waals surface area contributed by atoms with Gasteiger partial charge in [0.1, 0.15) is 0 Å². The van der Waals surface area contributed by atoms with Gasteiger partial charge < -0.3 is 15.4 Å². The fourth-order valence-electron chi connectivity index (χ4n) is 1.61. The average Bonchev–Trinajstić information content (AvgIpc) is 1.99. The van der Waals surface area contributed by atoms with Gasteiger partial charge in [-0.15, -0.1) is 0 Å². The minimum absolute atomic E-state index is 0.510. The maximum atomic E-state index is 5.44. The van der Waals surface area contributed by atoms with Crippen molar-refractivity contribution in [3.63, 3.8) is 0 Å². The third-order valence-electron chi connectivity index (χ3n) is 2.74. The molecule has 2 N–H and O–H groups in total. The van der Waals surface area contributed by atoms with E-state index >= 15 is 0 Å². The Morgan fingerprint density at radius 3 is 2.67 bits per heavy atom. The maximum absolute atomic E-state index is 5.44. The van der Waals surface area contributed by atoms with Crippen molar-refractivity contribution in [1.29, 1.82) is 0 Å². The van der Waals surface area contributed by atoms with Crippen LogP contribution >= 0.6 is 0 Å². The first-order valence-electron chi connectivity index (χ1n) is 4.71. The van der Waals surface area contributed by atoms with E-state index in [-0.39, 0.29) is 0 Å². The van der Waals surface area contributed by atoms with Gasteiger partial charge in [-0.3, -0.25) is 0 Å². The molecule has 0 radical (unpaired) electrons. The smallest absolute Gasteiger partial charge is 0.0601 e. The molecule has 12 heavy (non-hydrogen) atoms. The van der Waals surface area contributed by atoms with Gasteiger partial charge in [-0.05, 0) is 39.4 Å². The van der Waals surface area contributed by atoms with Crippen molar-refractivity contribution in [1.82, 2.24) is 4.90 Å². The predicted molar refractivity (Wildman–Crippen MR) is 50.1 cm³/mol. The third kappa shape index (κ3) is 2.44. The third-order valence-corrected chi connectivity index (χ3v) is 2.74. The highest BCUT2D eigenvalue weighted by Crippen LogP contribution is 2.26. The van der Waals surface area contributed by atoms with Crippen LogP contribution in [-0.4, -0.2) is 44.3 Å². The Morgan fingerprint density at radius 2 is 2.17 bits per heavy atom. The fourth-order valence-corrected chi connectivity index (χ4v) is 1.61. The first-order valence-corrected chi connectivity index (χ1v) is 4.71. The van der Waals surface area contributed by atoms with Crippen molar-refractivity contribution in [2.45, 2.75) is 31.4 Å². The van der Waals surface area contributed by atoms with Crippen molar-refractivity contribution in [3.8, 4) is 0 Å². The number of hydrogen-bond donors (Lipinski definition) is 1. The second-order valence-electron chi connectivity index (χ2n) is 3.61. The van der Waals surface area contributed by atoms with Crippen molar-refractivity contribution in [2.24, 2.45) is 5.73 Å². The Morgan fingerprint density at radius 1 is 1.50 bits per heavy atom. The molecule has 1 aliphatic carbocycles. The second kappa shape index (κ2) is 4.80. The van der Waals surface area contributed by atoms with Crippen LogP contribution in [0.5, 0.6) is 0 Å². The summed E-state index contributed by atoms with van der Waals surface area (Å²) in [6.45, 7) is 1.92. The van der Waals surface area contributed by atoms with E-state index in [0.29, 0.717) is 6.10 Å². The quantitative estimate of drug-likeness (QED) is 0.654. The van der Waals surface area contributed by atoms with E-state index in [0.717, 1.165) is 25.6 Å². The second-order valence-corrected chi connectivity index (χ2v) is 3.61. The summed E-state index contributed by atoms with van der Waals surface area (Å²) in [6.07, 6.45) is 4.00. The van der Waals surface area contributed by atoms with Crippen molar-refractivity contribution >= 4 is 0 Å². The molecule has 0 spiro atoms. The van der Waals surface area contributed by atoms with E-state index in [1.165, 1.54) is 12.8 Å². The predicted octanol–water partition coefficient (Wildman–Crippen LogP) is 0.444. The first-order chi connectivity index (χ1) is 5.77. The van der Waals surface area contributed by atoms with E-state index in [2.05, 4.69) is 11.9 Å². The zero-order valence-corrected chi connectivity index (χ0v) is 8.12. The zero-order chi connectivity index (χ0) is 8.97. The lowest BCUT2D eigenvalue weighted by molar-refractivity contribution is -0.0193. The van der Waals surface area contributed by atoms with Crippen LogP contribution in [-0.2, 0) is 4.74 Å². The molecular formula is C9H20N2O. The molecule has 0 aliphatic heterocycles. The normalized spacial score (nSPS) is 29.0. The van der Waals surface area contributed by atoms with E-state index in [4.69, 9.17) is 10.5 Å². The lowest BCUT2D eigenvalue weighted by Crippen LogP contribution is -2.46. The number of rotatable bonds is 5. The summed E-state index contributed by atoms with van der Waals surface area (Å²) in [7, 11) is 3.97. The van der Waals surface area contributed by atoms with E-state index in [9.17, 15) is 0 Å². The molecule has 0 bridgehead atoms. The van der Waals surface area contributed by atoms with Gasteiger partial charge in [0.05, 0.1) is 6.10 Å². The van der Waals surface area contributed by atoms with Gasteiger partial charge >= 0.3 is 0 Å².